The summed E-state index contributed by atoms with van der Waals surface area (Å²) in [7, 11) is 5.41. The molecular formula is C19H23N3O3. The van der Waals surface area contributed by atoms with Gasteiger partial charge in [0.15, 0.2) is 0 Å². The van der Waals surface area contributed by atoms with Gasteiger partial charge in [0, 0.05) is 33.0 Å². The molecule has 6 heteroatoms. The molecule has 2 heterocycles. The fraction of sp³-hybridized carbons (Fsp3) is 0.368. The predicted octanol–water partition coefficient (Wildman–Crippen LogP) is 2.37. The second-order valence-electron chi connectivity index (χ2n) is 6.09. The van der Waals surface area contributed by atoms with Crippen molar-refractivity contribution in [3.8, 4) is 5.75 Å². The average molecular weight is 341 g/mol. The van der Waals surface area contributed by atoms with Crippen molar-refractivity contribution < 1.29 is 14.3 Å². The van der Waals surface area contributed by atoms with Crippen molar-refractivity contribution >= 4 is 11.6 Å². The number of hydrogen-bond acceptors (Lipinski definition) is 5. The molecule has 0 fully saturated rings. The first-order valence-electron chi connectivity index (χ1n) is 8.27. The zero-order chi connectivity index (χ0) is 17.8. The lowest BCUT2D eigenvalue weighted by atomic mass is 10.1. The molecule has 0 bridgehead atoms. The zero-order valence-corrected chi connectivity index (χ0v) is 14.8. The van der Waals surface area contributed by atoms with E-state index in [0.717, 1.165) is 23.7 Å². The van der Waals surface area contributed by atoms with Crippen molar-refractivity contribution in [3.63, 3.8) is 0 Å². The molecule has 6 nitrogen and oxygen atoms in total. The van der Waals surface area contributed by atoms with Gasteiger partial charge < -0.3 is 19.3 Å². The van der Waals surface area contributed by atoms with Crippen LogP contribution in [0.2, 0.25) is 0 Å². The number of carbonyl (C=O) groups excluding carboxylic acids is 1. The predicted molar refractivity (Wildman–Crippen MR) is 96.2 cm³/mol. The lowest BCUT2D eigenvalue weighted by Gasteiger charge is -2.30. The second kappa shape index (κ2) is 7.53. The molecule has 0 radical (unpaired) electrons. The molecule has 1 amide bonds. The van der Waals surface area contributed by atoms with E-state index >= 15 is 0 Å². The van der Waals surface area contributed by atoms with Gasteiger partial charge in [-0.15, -0.1) is 0 Å². The van der Waals surface area contributed by atoms with Gasteiger partial charge in [-0.3, -0.25) is 9.78 Å². The quantitative estimate of drug-likeness (QED) is 0.836. The van der Waals surface area contributed by atoms with Crippen LogP contribution in [0.1, 0.15) is 22.1 Å². The van der Waals surface area contributed by atoms with Gasteiger partial charge in [-0.05, 0) is 30.3 Å². The molecule has 1 aromatic carbocycles. The number of carbonyl (C=O) groups is 1. The van der Waals surface area contributed by atoms with Gasteiger partial charge in [0.05, 0.1) is 30.6 Å². The smallest absolute Gasteiger partial charge is 0.254 e. The number of ether oxygens (including phenoxy) is 2. The number of rotatable bonds is 5. The van der Waals surface area contributed by atoms with E-state index in [-0.39, 0.29) is 11.9 Å². The molecule has 1 aliphatic heterocycles. The summed E-state index contributed by atoms with van der Waals surface area (Å²) >= 11 is 0. The van der Waals surface area contributed by atoms with Gasteiger partial charge in [0.2, 0.25) is 0 Å². The number of anilines is 1. The highest BCUT2D eigenvalue weighted by molar-refractivity contribution is 5.95. The Morgan fingerprint density at radius 1 is 1.40 bits per heavy atom. The van der Waals surface area contributed by atoms with E-state index in [0.29, 0.717) is 18.8 Å². The van der Waals surface area contributed by atoms with Crippen LogP contribution < -0.4 is 9.64 Å². The number of benzene rings is 1. The van der Waals surface area contributed by atoms with Gasteiger partial charge in [-0.1, -0.05) is 6.07 Å². The third kappa shape index (κ3) is 3.58. The van der Waals surface area contributed by atoms with E-state index in [4.69, 9.17) is 9.47 Å². The zero-order valence-electron chi connectivity index (χ0n) is 14.8. The molecule has 132 valence electrons. The molecule has 0 saturated carbocycles. The fourth-order valence-corrected chi connectivity index (χ4v) is 2.96. The number of fused-ring (bicyclic) bond motifs is 1. The van der Waals surface area contributed by atoms with E-state index in [1.54, 1.807) is 25.3 Å². The highest BCUT2D eigenvalue weighted by atomic mass is 16.5. The van der Waals surface area contributed by atoms with Gasteiger partial charge in [0.1, 0.15) is 12.4 Å². The maximum atomic E-state index is 13.0. The summed E-state index contributed by atoms with van der Waals surface area (Å²) in [6.07, 6.45) is 1.72. The number of pyridine rings is 1. The largest absolute Gasteiger partial charge is 0.490 e. The van der Waals surface area contributed by atoms with Gasteiger partial charge in [-0.2, -0.15) is 0 Å². The van der Waals surface area contributed by atoms with Crippen LogP contribution in [0.5, 0.6) is 5.75 Å². The van der Waals surface area contributed by atoms with E-state index in [2.05, 4.69) is 9.88 Å². The number of methoxy groups -OCH3 is 1. The number of amides is 1. The normalized spacial score (nSPS) is 14.4. The Labute approximate surface area is 148 Å². The lowest BCUT2D eigenvalue weighted by molar-refractivity contribution is 0.0594. The third-order valence-electron chi connectivity index (χ3n) is 4.44. The standard InChI is InChI=1S/C19H23N3O3/c1-21-10-11-25-18-12-14(7-8-16(18)21)19(23)22(2)17(13-24-3)15-6-4-5-9-20-15/h4-9,12,17H,10-11,13H2,1-3H3/t17-/m0/s1. The number of likely N-dealkylation sites (N-methyl/N-ethyl adjacent to an activating group) is 2. The van der Waals surface area contributed by atoms with Crippen LogP contribution >= 0.6 is 0 Å². The summed E-state index contributed by atoms with van der Waals surface area (Å²) in [5.41, 5.74) is 2.39. The molecule has 1 atom stereocenters. The Kier molecular flexibility index (Phi) is 5.19. The summed E-state index contributed by atoms with van der Waals surface area (Å²) in [6.45, 7) is 1.84. The van der Waals surface area contributed by atoms with Gasteiger partial charge in [-0.25, -0.2) is 0 Å². The van der Waals surface area contributed by atoms with Crippen LogP contribution in [0.4, 0.5) is 5.69 Å². The summed E-state index contributed by atoms with van der Waals surface area (Å²) < 4.78 is 11.0. The minimum absolute atomic E-state index is 0.0904. The lowest BCUT2D eigenvalue weighted by Crippen LogP contribution is -2.34. The summed E-state index contributed by atoms with van der Waals surface area (Å²) in [5, 5.41) is 0. The molecule has 1 aliphatic rings. The molecular weight excluding hydrogens is 318 g/mol. The number of aromatic nitrogens is 1. The Balaban J connectivity index is 1.86. The molecule has 0 N–H and O–H groups in total. The molecule has 0 saturated heterocycles. The minimum Gasteiger partial charge on any atom is -0.490 e. The monoisotopic (exact) mass is 341 g/mol. The minimum atomic E-state index is -0.252. The first-order chi connectivity index (χ1) is 12.1. The Hall–Kier alpha value is -2.60. The maximum Gasteiger partial charge on any atom is 0.254 e. The van der Waals surface area contributed by atoms with Crippen molar-refractivity contribution in [1.82, 2.24) is 9.88 Å². The van der Waals surface area contributed by atoms with Crippen molar-refractivity contribution in [2.45, 2.75) is 6.04 Å². The van der Waals surface area contributed by atoms with E-state index in [9.17, 15) is 4.79 Å². The van der Waals surface area contributed by atoms with Gasteiger partial charge in [0.25, 0.3) is 5.91 Å². The van der Waals surface area contributed by atoms with Crippen LogP contribution in [0.15, 0.2) is 42.6 Å². The average Bonchev–Trinajstić information content (AvgIpc) is 2.65. The topological polar surface area (TPSA) is 54.9 Å². The highest BCUT2D eigenvalue weighted by Crippen LogP contribution is 2.32. The molecule has 0 spiro atoms. The Morgan fingerprint density at radius 2 is 2.24 bits per heavy atom. The number of nitrogens with zero attached hydrogens (tertiary/aromatic N) is 3. The molecule has 25 heavy (non-hydrogen) atoms. The summed E-state index contributed by atoms with van der Waals surface area (Å²) in [4.78, 5) is 21.1. The SMILES string of the molecule is COC[C@@H](c1ccccn1)N(C)C(=O)c1ccc2c(c1)OCCN2C. The van der Waals surface area contributed by atoms with Crippen LogP contribution in [0.3, 0.4) is 0 Å². The van der Waals surface area contributed by atoms with Crippen LogP contribution in [-0.4, -0.2) is 56.8 Å². The second-order valence-corrected chi connectivity index (χ2v) is 6.09. The maximum absolute atomic E-state index is 13.0. The van der Waals surface area contributed by atoms with Crippen molar-refractivity contribution in [2.75, 3.05) is 45.9 Å². The van der Waals surface area contributed by atoms with Crippen molar-refractivity contribution in [2.24, 2.45) is 0 Å². The van der Waals surface area contributed by atoms with Crippen LogP contribution in [0.25, 0.3) is 0 Å². The third-order valence-corrected chi connectivity index (χ3v) is 4.44. The Bertz CT molecular complexity index is 736. The summed E-state index contributed by atoms with van der Waals surface area (Å²) in [5.74, 6) is 0.654. The van der Waals surface area contributed by atoms with Crippen LogP contribution in [-0.2, 0) is 4.74 Å². The molecule has 0 unspecified atom stereocenters. The fourth-order valence-electron chi connectivity index (χ4n) is 2.96. The van der Waals surface area contributed by atoms with Crippen molar-refractivity contribution in [1.29, 1.82) is 0 Å². The van der Waals surface area contributed by atoms with Crippen molar-refractivity contribution in [3.05, 3.63) is 53.9 Å². The van der Waals surface area contributed by atoms with E-state index < -0.39 is 0 Å². The summed E-state index contributed by atoms with van der Waals surface area (Å²) in [6, 6.07) is 11.0. The molecule has 1 aromatic heterocycles. The molecule has 3 rings (SSSR count). The van der Waals surface area contributed by atoms with Crippen LogP contribution in [0, 0.1) is 0 Å². The first kappa shape index (κ1) is 17.2. The number of hydrogen-bond donors (Lipinski definition) is 0. The molecule has 0 aliphatic carbocycles. The van der Waals surface area contributed by atoms with Gasteiger partial charge >= 0.3 is 0 Å². The highest BCUT2D eigenvalue weighted by Gasteiger charge is 2.25. The van der Waals surface area contributed by atoms with E-state index in [1.807, 2.05) is 43.4 Å². The molecule has 2 aromatic rings. The Morgan fingerprint density at radius 3 is 2.96 bits per heavy atom. The van der Waals surface area contributed by atoms with E-state index in [1.165, 1.54) is 0 Å². The first-order valence-corrected chi connectivity index (χ1v) is 8.27.